The van der Waals surface area contributed by atoms with E-state index in [1.165, 1.54) is 43.3 Å². The minimum atomic E-state index is -3.19. The van der Waals surface area contributed by atoms with Crippen molar-refractivity contribution in [1.29, 1.82) is 0 Å². The van der Waals surface area contributed by atoms with Gasteiger partial charge in [0, 0.05) is 0 Å². The molecule has 0 radical (unpaired) electrons. The third-order valence-electron chi connectivity index (χ3n) is 9.65. The van der Waals surface area contributed by atoms with Crippen molar-refractivity contribution in [3.05, 3.63) is 47.6 Å². The molecule has 5 atom stereocenters. The van der Waals surface area contributed by atoms with Crippen molar-refractivity contribution in [2.45, 2.75) is 114 Å². The highest BCUT2D eigenvalue weighted by molar-refractivity contribution is 7.94. The summed E-state index contributed by atoms with van der Waals surface area (Å²) in [4.78, 5) is 0. The minimum absolute atomic E-state index is 0.230. The maximum Gasteiger partial charge on any atom is 0.164 e. The number of sulfone groups is 1. The Bertz CT molecular complexity index is 1000. The number of aliphatic hydroxyl groups excluding tert-OH is 1. The average Bonchev–Trinajstić information content (AvgIpc) is 3.47. The monoisotopic (exact) mass is 486 g/mol. The van der Waals surface area contributed by atoms with Gasteiger partial charge in [0.25, 0.3) is 0 Å². The average molecular weight is 487 g/mol. The normalized spacial score (nSPS) is 37.4. The van der Waals surface area contributed by atoms with Gasteiger partial charge >= 0.3 is 0 Å². The fourth-order valence-electron chi connectivity index (χ4n) is 7.26. The van der Waals surface area contributed by atoms with E-state index in [4.69, 9.17) is 0 Å². The molecule has 0 aromatic carbocycles. The molecule has 0 bridgehead atoms. The van der Waals surface area contributed by atoms with Gasteiger partial charge in [-0.3, -0.25) is 0 Å². The largest absolute Gasteiger partial charge is 0.393 e. The summed E-state index contributed by atoms with van der Waals surface area (Å²) in [7, 11) is -3.19. The number of hydrogen-bond donors (Lipinski definition) is 1. The molecule has 0 heterocycles. The second-order valence-corrected chi connectivity index (χ2v) is 16.0. The summed E-state index contributed by atoms with van der Waals surface area (Å²) in [5, 5.41) is 10.1. The van der Waals surface area contributed by atoms with Crippen molar-refractivity contribution in [1.82, 2.24) is 0 Å². The summed E-state index contributed by atoms with van der Waals surface area (Å²) in [5.41, 5.74) is 4.25. The van der Waals surface area contributed by atoms with Gasteiger partial charge in [-0.25, -0.2) is 8.42 Å². The minimum Gasteiger partial charge on any atom is -0.393 e. The van der Waals surface area contributed by atoms with Gasteiger partial charge in [-0.05, 0) is 114 Å². The lowest BCUT2D eigenvalue weighted by Gasteiger charge is -2.44. The quantitative estimate of drug-likeness (QED) is 0.422. The van der Waals surface area contributed by atoms with Crippen LogP contribution in [0.1, 0.15) is 98.8 Å². The third-order valence-corrected chi connectivity index (χ3v) is 12.9. The topological polar surface area (TPSA) is 54.4 Å². The van der Waals surface area contributed by atoms with Crippen LogP contribution in [0.25, 0.3) is 0 Å². The molecule has 3 nitrogen and oxygen atoms in total. The first-order valence-electron chi connectivity index (χ1n) is 13.5. The number of allylic oxidation sites excluding steroid dienone is 5. The van der Waals surface area contributed by atoms with E-state index in [-0.39, 0.29) is 11.5 Å². The Morgan fingerprint density at radius 2 is 1.79 bits per heavy atom. The SMILES string of the molecule is C=C1CC[C@H](O)C/C1=C/C=C1\CCC[C@]2(C)C([C@H](C)/C=C/C3(S(=O)(=O)C(C)(C)C)CC3)CC[C@@H]12. The maximum absolute atomic E-state index is 13.2. The molecule has 1 N–H and O–H groups in total. The molecule has 34 heavy (non-hydrogen) atoms. The highest BCUT2D eigenvalue weighted by Crippen LogP contribution is 2.60. The van der Waals surface area contributed by atoms with Gasteiger partial charge in [-0.1, -0.05) is 55.9 Å². The second-order valence-electron chi connectivity index (χ2n) is 12.9. The fraction of sp³-hybridized carbons (Fsp3) is 0.733. The highest BCUT2D eigenvalue weighted by atomic mass is 32.2. The van der Waals surface area contributed by atoms with Gasteiger partial charge in [-0.2, -0.15) is 0 Å². The Kier molecular flexibility index (Phi) is 6.92. The third kappa shape index (κ3) is 4.54. The number of hydrogen-bond acceptors (Lipinski definition) is 3. The van der Waals surface area contributed by atoms with Crippen molar-refractivity contribution in [3.8, 4) is 0 Å². The van der Waals surface area contributed by atoms with Crippen molar-refractivity contribution in [3.63, 3.8) is 0 Å². The molecule has 0 aliphatic heterocycles. The molecule has 0 aromatic heterocycles. The van der Waals surface area contributed by atoms with Crippen molar-refractivity contribution in [2.75, 3.05) is 0 Å². The van der Waals surface area contributed by atoms with E-state index < -0.39 is 19.3 Å². The van der Waals surface area contributed by atoms with Crippen LogP contribution in [-0.2, 0) is 9.84 Å². The molecular weight excluding hydrogens is 440 g/mol. The number of aliphatic hydroxyl groups is 1. The first-order chi connectivity index (χ1) is 15.8. The van der Waals surface area contributed by atoms with E-state index in [2.05, 4.69) is 44.7 Å². The Labute approximate surface area is 208 Å². The van der Waals surface area contributed by atoms with Gasteiger partial charge in [0.2, 0.25) is 0 Å². The van der Waals surface area contributed by atoms with Crippen molar-refractivity contribution >= 4 is 9.84 Å². The summed E-state index contributed by atoms with van der Waals surface area (Å²) < 4.78 is 25.0. The molecule has 4 rings (SSSR count). The molecule has 4 aliphatic carbocycles. The summed E-state index contributed by atoms with van der Waals surface area (Å²) >= 11 is 0. The molecule has 0 saturated heterocycles. The van der Waals surface area contributed by atoms with Crippen LogP contribution in [0.15, 0.2) is 47.6 Å². The highest BCUT2D eigenvalue weighted by Gasteiger charge is 2.57. The first kappa shape index (κ1) is 25.9. The van der Waals surface area contributed by atoms with Crippen LogP contribution >= 0.6 is 0 Å². The van der Waals surface area contributed by atoms with Crippen LogP contribution in [-0.4, -0.2) is 29.1 Å². The van der Waals surface area contributed by atoms with Gasteiger partial charge in [0.15, 0.2) is 9.84 Å². The van der Waals surface area contributed by atoms with Crippen LogP contribution in [0.3, 0.4) is 0 Å². The lowest BCUT2D eigenvalue weighted by molar-refractivity contribution is 0.112. The fourth-order valence-corrected chi connectivity index (χ4v) is 9.37. The lowest BCUT2D eigenvalue weighted by atomic mass is 9.61. The summed E-state index contributed by atoms with van der Waals surface area (Å²) in [6, 6.07) is 0. The first-order valence-corrected chi connectivity index (χ1v) is 15.0. The van der Waals surface area contributed by atoms with E-state index in [0.29, 0.717) is 17.8 Å². The van der Waals surface area contributed by atoms with E-state index in [1.807, 2.05) is 20.8 Å². The van der Waals surface area contributed by atoms with E-state index in [9.17, 15) is 13.5 Å². The van der Waals surface area contributed by atoms with Crippen LogP contribution < -0.4 is 0 Å². The molecule has 0 spiro atoms. The van der Waals surface area contributed by atoms with Crippen molar-refractivity contribution < 1.29 is 13.5 Å². The van der Waals surface area contributed by atoms with Crippen LogP contribution in [0.2, 0.25) is 0 Å². The molecule has 0 amide bonds. The molecule has 4 aliphatic rings. The predicted octanol–water partition coefficient (Wildman–Crippen LogP) is 7.09. The van der Waals surface area contributed by atoms with Gasteiger partial charge in [0.1, 0.15) is 0 Å². The van der Waals surface area contributed by atoms with Gasteiger partial charge in [0.05, 0.1) is 15.6 Å². The summed E-state index contributed by atoms with van der Waals surface area (Å²) in [6.07, 6.45) is 18.8. The zero-order valence-corrected chi connectivity index (χ0v) is 22.9. The van der Waals surface area contributed by atoms with E-state index >= 15 is 0 Å². The predicted molar refractivity (Wildman–Crippen MR) is 142 cm³/mol. The van der Waals surface area contributed by atoms with Crippen LogP contribution in [0, 0.1) is 23.2 Å². The second kappa shape index (κ2) is 9.07. The molecular formula is C30H46O3S. The Balaban J connectivity index is 1.51. The molecule has 190 valence electrons. The number of fused-ring (bicyclic) bond motifs is 1. The molecule has 0 aromatic rings. The van der Waals surface area contributed by atoms with E-state index in [0.717, 1.165) is 32.1 Å². The lowest BCUT2D eigenvalue weighted by Crippen LogP contribution is -2.38. The summed E-state index contributed by atoms with van der Waals surface area (Å²) in [6.45, 7) is 14.5. The Hall–Kier alpha value is -1.13. The van der Waals surface area contributed by atoms with Crippen molar-refractivity contribution in [2.24, 2.45) is 23.2 Å². The Morgan fingerprint density at radius 1 is 1.09 bits per heavy atom. The zero-order chi connectivity index (χ0) is 24.9. The van der Waals surface area contributed by atoms with Crippen LogP contribution in [0.5, 0.6) is 0 Å². The van der Waals surface area contributed by atoms with Gasteiger partial charge < -0.3 is 5.11 Å². The smallest absolute Gasteiger partial charge is 0.164 e. The standard InChI is InChI=1S/C30H46O3S/c1-21-9-12-25(31)20-24(21)11-10-23-8-7-16-29(6)26(13-14-27(23)29)22(2)15-17-30(18-19-30)34(32,33)28(3,4)5/h10-11,15,17,22,25-27,31H,1,7-9,12-14,16,18-20H2,2-6H3/b17-15+,23-10+,24-11-/t22-,25+,26?,27+,29-/m1/s1. The summed E-state index contributed by atoms with van der Waals surface area (Å²) in [5.74, 6) is 1.58. The van der Waals surface area contributed by atoms with Gasteiger partial charge in [-0.15, -0.1) is 0 Å². The Morgan fingerprint density at radius 3 is 2.44 bits per heavy atom. The van der Waals surface area contributed by atoms with Crippen LogP contribution in [0.4, 0.5) is 0 Å². The molecule has 4 saturated carbocycles. The molecule has 4 fully saturated rings. The van der Waals surface area contributed by atoms with E-state index in [1.54, 1.807) is 5.57 Å². The molecule has 1 unspecified atom stereocenters. The zero-order valence-electron chi connectivity index (χ0n) is 22.1. The molecule has 4 heteroatoms. The maximum atomic E-state index is 13.2. The number of rotatable bonds is 5.